The number of rotatable bonds is 9. The number of nitrogens with one attached hydrogen (secondary N) is 2. The van der Waals surface area contributed by atoms with Crippen LogP contribution in [0, 0.1) is 5.82 Å². The predicted molar refractivity (Wildman–Crippen MR) is 169 cm³/mol. The topological polar surface area (TPSA) is 109 Å². The fourth-order valence-electron chi connectivity index (χ4n) is 5.48. The Balaban J connectivity index is 1.43. The van der Waals surface area contributed by atoms with Crippen molar-refractivity contribution < 1.29 is 17.5 Å². The molecule has 2 heterocycles. The van der Waals surface area contributed by atoms with Crippen LogP contribution in [-0.4, -0.2) is 61.1 Å². The van der Waals surface area contributed by atoms with E-state index < -0.39 is 21.7 Å². The lowest BCUT2D eigenvalue weighted by atomic mass is 9.80. The molecular weight excluding hydrogens is 591 g/mol. The quantitative estimate of drug-likeness (QED) is 0.216. The van der Waals surface area contributed by atoms with Crippen molar-refractivity contribution in [2.75, 3.05) is 31.2 Å². The number of anilines is 2. The van der Waals surface area contributed by atoms with Crippen LogP contribution in [0.4, 0.5) is 16.2 Å². The molecule has 0 amide bonds. The molecule has 1 aliphatic carbocycles. The minimum absolute atomic E-state index is 0.00823. The maximum Gasteiger partial charge on any atom is 0.264 e. The Morgan fingerprint density at radius 2 is 1.86 bits per heavy atom. The van der Waals surface area contributed by atoms with Crippen LogP contribution in [0.1, 0.15) is 45.1 Å². The maximum absolute atomic E-state index is 15.3. The van der Waals surface area contributed by atoms with Gasteiger partial charge in [-0.3, -0.25) is 4.72 Å². The molecule has 0 spiro atoms. The Hall–Kier alpha value is -3.54. The third-order valence-electron chi connectivity index (χ3n) is 8.42. The molecule has 228 valence electrons. The van der Waals surface area contributed by atoms with Crippen molar-refractivity contribution in [3.63, 3.8) is 0 Å². The molecule has 0 aliphatic heterocycles. The van der Waals surface area contributed by atoms with Gasteiger partial charge in [0, 0.05) is 28.7 Å². The summed E-state index contributed by atoms with van der Waals surface area (Å²) in [6, 6.07) is 11.2. The van der Waals surface area contributed by atoms with Crippen LogP contribution in [0.3, 0.4) is 0 Å². The molecule has 1 fully saturated rings. The lowest BCUT2D eigenvalue weighted by molar-refractivity contribution is 0.116. The minimum Gasteiger partial charge on any atom is -0.480 e. The van der Waals surface area contributed by atoms with Crippen LogP contribution < -0.4 is 14.8 Å². The normalized spacial score (nSPS) is 19.0. The zero-order valence-electron chi connectivity index (χ0n) is 24.9. The van der Waals surface area contributed by atoms with Crippen LogP contribution in [-0.2, 0) is 16.4 Å². The summed E-state index contributed by atoms with van der Waals surface area (Å²) in [6.45, 7) is 4.34. The maximum atomic E-state index is 15.3. The van der Waals surface area contributed by atoms with E-state index in [0.717, 1.165) is 42.1 Å². The third kappa shape index (κ3) is 6.39. The summed E-state index contributed by atoms with van der Waals surface area (Å²) in [5, 5.41) is 4.32. The fraction of sp³-hybridized carbons (Fsp3) is 0.387. The van der Waals surface area contributed by atoms with E-state index in [-0.39, 0.29) is 21.3 Å². The van der Waals surface area contributed by atoms with Gasteiger partial charge in [0.2, 0.25) is 11.8 Å². The van der Waals surface area contributed by atoms with Crippen molar-refractivity contribution in [2.24, 2.45) is 0 Å². The van der Waals surface area contributed by atoms with Crippen molar-refractivity contribution in [2.45, 2.75) is 62.4 Å². The van der Waals surface area contributed by atoms with Crippen molar-refractivity contribution in [1.82, 2.24) is 19.9 Å². The highest BCUT2D eigenvalue weighted by Crippen LogP contribution is 2.36. The number of aromatic nitrogens is 3. The van der Waals surface area contributed by atoms with Gasteiger partial charge in [-0.2, -0.15) is 4.98 Å². The van der Waals surface area contributed by atoms with Gasteiger partial charge in [-0.15, -0.1) is 0 Å². The summed E-state index contributed by atoms with van der Waals surface area (Å²) in [4.78, 5) is 15.7. The number of hydrogen-bond acceptors (Lipinski definition) is 8. The number of aryl methyl sites for hydroxylation is 1. The SMILES string of the molecule is CCc1cc(-c2cc(F)c(NS(=O)(=O)c3ccccc3Cl)nc2OC)cc2cnc(N[C@H]3CC[C@@](C)(N(C)C)CC3)nc12. The fourth-order valence-corrected chi connectivity index (χ4v) is 7.01. The molecule has 2 aromatic carbocycles. The Morgan fingerprint density at radius 3 is 2.51 bits per heavy atom. The Labute approximate surface area is 256 Å². The highest BCUT2D eigenvalue weighted by atomic mass is 35.5. The second-order valence-corrected chi connectivity index (χ2v) is 13.4. The zero-order chi connectivity index (χ0) is 30.9. The van der Waals surface area contributed by atoms with Crippen LogP contribution in [0.15, 0.2) is 53.6 Å². The Bertz CT molecular complexity index is 1760. The molecule has 0 bridgehead atoms. The summed E-state index contributed by atoms with van der Waals surface area (Å²) >= 11 is 6.06. The lowest BCUT2D eigenvalue weighted by Gasteiger charge is -2.42. The van der Waals surface area contributed by atoms with E-state index >= 15 is 4.39 Å². The molecule has 43 heavy (non-hydrogen) atoms. The summed E-state index contributed by atoms with van der Waals surface area (Å²) in [5.41, 5.74) is 2.99. The van der Waals surface area contributed by atoms with Crippen LogP contribution in [0.25, 0.3) is 22.0 Å². The molecule has 2 N–H and O–H groups in total. The highest BCUT2D eigenvalue weighted by molar-refractivity contribution is 7.92. The van der Waals surface area contributed by atoms with Gasteiger partial charge in [0.05, 0.1) is 17.6 Å². The molecule has 12 heteroatoms. The second-order valence-electron chi connectivity index (χ2n) is 11.3. The van der Waals surface area contributed by atoms with Crippen LogP contribution in [0.5, 0.6) is 5.88 Å². The molecule has 0 saturated heterocycles. The second kappa shape index (κ2) is 12.2. The lowest BCUT2D eigenvalue weighted by Crippen LogP contribution is -2.46. The molecule has 4 aromatic rings. The first-order valence-corrected chi connectivity index (χ1v) is 16.1. The van der Waals surface area contributed by atoms with Crippen molar-refractivity contribution in [1.29, 1.82) is 0 Å². The van der Waals surface area contributed by atoms with Gasteiger partial charge < -0.3 is 15.0 Å². The van der Waals surface area contributed by atoms with E-state index in [1.807, 2.05) is 19.1 Å². The summed E-state index contributed by atoms with van der Waals surface area (Å²) < 4.78 is 48.8. The monoisotopic (exact) mass is 626 g/mol. The Morgan fingerprint density at radius 1 is 1.14 bits per heavy atom. The summed E-state index contributed by atoms with van der Waals surface area (Å²) in [5.74, 6) is -0.711. The first kappa shape index (κ1) is 30.9. The molecule has 0 atom stereocenters. The first-order chi connectivity index (χ1) is 20.4. The van der Waals surface area contributed by atoms with E-state index in [1.54, 1.807) is 12.3 Å². The van der Waals surface area contributed by atoms with E-state index in [1.165, 1.54) is 31.4 Å². The molecule has 5 rings (SSSR count). The highest BCUT2D eigenvalue weighted by Gasteiger charge is 2.33. The number of benzene rings is 2. The number of hydrogen-bond donors (Lipinski definition) is 2. The Kier molecular flexibility index (Phi) is 8.78. The van der Waals surface area contributed by atoms with E-state index in [9.17, 15) is 8.42 Å². The molecular formula is C31H36ClFN6O3S. The van der Waals surface area contributed by atoms with Crippen molar-refractivity contribution in [3.05, 3.63) is 65.1 Å². The minimum atomic E-state index is -4.20. The van der Waals surface area contributed by atoms with E-state index in [0.29, 0.717) is 29.5 Å². The number of fused-ring (bicyclic) bond motifs is 1. The van der Waals surface area contributed by atoms with Gasteiger partial charge in [-0.1, -0.05) is 30.7 Å². The average molecular weight is 627 g/mol. The number of ether oxygens (including phenoxy) is 1. The first-order valence-electron chi connectivity index (χ1n) is 14.2. The molecule has 1 aliphatic rings. The van der Waals surface area contributed by atoms with E-state index in [4.69, 9.17) is 21.3 Å². The number of nitrogens with zero attached hydrogens (tertiary/aromatic N) is 4. The largest absolute Gasteiger partial charge is 0.480 e. The molecule has 1 saturated carbocycles. The summed E-state index contributed by atoms with van der Waals surface area (Å²) in [7, 11) is 1.47. The molecule has 0 radical (unpaired) electrons. The summed E-state index contributed by atoms with van der Waals surface area (Å²) in [6.07, 6.45) is 6.72. The molecule has 9 nitrogen and oxygen atoms in total. The standard InChI is InChI=1S/C31H36ClFN6O3S/c1-6-19-15-20(16-21-18-34-30(36-27(19)21)35-22-11-13-31(2,14-12-22)39(3)4)23-17-25(33)28(37-29(23)42-5)38-43(40,41)26-10-8-7-9-24(26)32/h7-10,15-18,22H,6,11-14H2,1-5H3,(H,37,38)(H,34,35,36)/t22-,31+. The van der Waals surface area contributed by atoms with Gasteiger partial charge in [0.15, 0.2) is 11.6 Å². The van der Waals surface area contributed by atoms with Gasteiger partial charge >= 0.3 is 0 Å². The molecule has 0 unspecified atom stereocenters. The molecule has 2 aromatic heterocycles. The number of methoxy groups -OCH3 is 1. The van der Waals surface area contributed by atoms with Crippen LogP contribution in [0.2, 0.25) is 5.02 Å². The van der Waals surface area contributed by atoms with Gasteiger partial charge in [0.25, 0.3) is 10.0 Å². The van der Waals surface area contributed by atoms with E-state index in [2.05, 4.69) is 45.9 Å². The van der Waals surface area contributed by atoms with Crippen molar-refractivity contribution >= 4 is 44.3 Å². The van der Waals surface area contributed by atoms with Gasteiger partial charge in [-0.25, -0.2) is 22.8 Å². The smallest absolute Gasteiger partial charge is 0.264 e. The predicted octanol–water partition coefficient (Wildman–Crippen LogP) is 6.53. The zero-order valence-corrected chi connectivity index (χ0v) is 26.5. The number of sulfonamides is 1. The average Bonchev–Trinajstić information content (AvgIpc) is 2.98. The number of pyridine rings is 1. The van der Waals surface area contributed by atoms with Crippen molar-refractivity contribution in [3.8, 4) is 17.0 Å². The third-order valence-corrected chi connectivity index (χ3v) is 10.3. The van der Waals surface area contributed by atoms with Crippen LogP contribution >= 0.6 is 11.6 Å². The van der Waals surface area contributed by atoms with Gasteiger partial charge in [-0.05, 0) is 94.6 Å². The van der Waals surface area contributed by atoms with Gasteiger partial charge in [0.1, 0.15) is 4.90 Å². The number of halogens is 2.